The summed E-state index contributed by atoms with van der Waals surface area (Å²) in [5, 5.41) is 8.76. The third-order valence-electron chi connectivity index (χ3n) is 2.99. The summed E-state index contributed by atoms with van der Waals surface area (Å²) in [5.74, 6) is 0.644. The fourth-order valence-electron chi connectivity index (χ4n) is 1.95. The average Bonchev–Trinajstić information content (AvgIpc) is 2.53. The number of carbonyl (C=O) groups is 1. The molecule has 0 bridgehead atoms. The summed E-state index contributed by atoms with van der Waals surface area (Å²) in [6.07, 6.45) is 3.34. The molecule has 0 aliphatic heterocycles. The molecule has 2 aromatic rings. The second-order valence-corrected chi connectivity index (χ2v) is 5.09. The molecule has 0 N–H and O–H groups in total. The molecule has 0 radical (unpaired) electrons. The second-order valence-electron chi connectivity index (χ2n) is 5.09. The van der Waals surface area contributed by atoms with E-state index in [-0.39, 0.29) is 11.9 Å². The van der Waals surface area contributed by atoms with Gasteiger partial charge in [-0.05, 0) is 56.3 Å². The van der Waals surface area contributed by atoms with E-state index in [1.807, 2.05) is 44.2 Å². The molecule has 0 aliphatic rings. The van der Waals surface area contributed by atoms with E-state index >= 15 is 0 Å². The Bertz CT molecular complexity index is 722. The van der Waals surface area contributed by atoms with E-state index in [9.17, 15) is 4.79 Å². The number of rotatable bonds is 5. The van der Waals surface area contributed by atoms with Gasteiger partial charge in [-0.2, -0.15) is 5.26 Å². The van der Waals surface area contributed by atoms with Gasteiger partial charge in [-0.1, -0.05) is 18.2 Å². The van der Waals surface area contributed by atoms with Crippen LogP contribution in [0.25, 0.3) is 6.08 Å². The quantitative estimate of drug-likeness (QED) is 0.611. The molecule has 0 aromatic heterocycles. The van der Waals surface area contributed by atoms with Gasteiger partial charge in [-0.3, -0.25) is 4.79 Å². The first-order valence-corrected chi connectivity index (χ1v) is 7.08. The molecule has 3 nitrogen and oxygen atoms in total. The van der Waals surface area contributed by atoms with Crippen LogP contribution in [0.5, 0.6) is 5.75 Å². The van der Waals surface area contributed by atoms with Gasteiger partial charge in [0.1, 0.15) is 5.75 Å². The lowest BCUT2D eigenvalue weighted by Gasteiger charge is -2.11. The predicted molar refractivity (Wildman–Crippen MR) is 86.7 cm³/mol. The number of para-hydroxylation sites is 1. The lowest BCUT2D eigenvalue weighted by Crippen LogP contribution is -2.06. The summed E-state index contributed by atoms with van der Waals surface area (Å²) in [6, 6.07) is 16.2. The fourth-order valence-corrected chi connectivity index (χ4v) is 1.95. The summed E-state index contributed by atoms with van der Waals surface area (Å²) in [6.45, 7) is 3.92. The van der Waals surface area contributed by atoms with E-state index in [1.54, 1.807) is 30.3 Å². The van der Waals surface area contributed by atoms with Crippen molar-refractivity contribution in [1.82, 2.24) is 0 Å². The van der Waals surface area contributed by atoms with Gasteiger partial charge in [-0.25, -0.2) is 0 Å². The van der Waals surface area contributed by atoms with Crippen molar-refractivity contribution in [2.45, 2.75) is 20.0 Å². The molecular formula is C19H17NO2. The Balaban J connectivity index is 2.17. The van der Waals surface area contributed by atoms with E-state index in [0.29, 0.717) is 11.1 Å². The van der Waals surface area contributed by atoms with Crippen molar-refractivity contribution in [2.24, 2.45) is 0 Å². The number of hydrogen-bond donors (Lipinski definition) is 0. The maximum Gasteiger partial charge on any atom is 0.185 e. The van der Waals surface area contributed by atoms with Crippen LogP contribution in [0.4, 0.5) is 0 Å². The molecule has 110 valence electrons. The minimum absolute atomic E-state index is 0.0729. The lowest BCUT2D eigenvalue weighted by atomic mass is 10.1. The molecule has 2 aromatic carbocycles. The first-order valence-electron chi connectivity index (χ1n) is 7.08. The van der Waals surface area contributed by atoms with Crippen LogP contribution in [0.3, 0.4) is 0 Å². The normalized spacial score (nSPS) is 10.6. The van der Waals surface area contributed by atoms with Gasteiger partial charge in [0.2, 0.25) is 0 Å². The molecule has 22 heavy (non-hydrogen) atoms. The van der Waals surface area contributed by atoms with Crippen LogP contribution in [0.15, 0.2) is 54.6 Å². The van der Waals surface area contributed by atoms with Crippen molar-refractivity contribution in [3.8, 4) is 11.8 Å². The molecule has 0 saturated heterocycles. The number of nitriles is 1. The van der Waals surface area contributed by atoms with Crippen LogP contribution in [0.1, 0.15) is 35.3 Å². The van der Waals surface area contributed by atoms with Crippen molar-refractivity contribution < 1.29 is 9.53 Å². The van der Waals surface area contributed by atoms with Crippen LogP contribution in [-0.4, -0.2) is 11.9 Å². The number of benzene rings is 2. The summed E-state index contributed by atoms with van der Waals surface area (Å²) in [4.78, 5) is 12.1. The Hall–Kier alpha value is -2.86. The number of carbonyl (C=O) groups excluding carboxylic acids is 1. The molecule has 0 atom stereocenters. The molecule has 0 unspecified atom stereocenters. The number of hydrogen-bond acceptors (Lipinski definition) is 3. The largest absolute Gasteiger partial charge is 0.490 e. The lowest BCUT2D eigenvalue weighted by molar-refractivity contribution is 0.104. The van der Waals surface area contributed by atoms with Gasteiger partial charge >= 0.3 is 0 Å². The van der Waals surface area contributed by atoms with Crippen LogP contribution in [0.2, 0.25) is 0 Å². The second kappa shape index (κ2) is 7.24. The Labute approximate surface area is 130 Å². The first kappa shape index (κ1) is 15.5. The maximum atomic E-state index is 12.1. The van der Waals surface area contributed by atoms with E-state index in [0.717, 1.165) is 11.3 Å². The van der Waals surface area contributed by atoms with Crippen molar-refractivity contribution in [3.05, 3.63) is 71.3 Å². The molecule has 3 heteroatoms. The molecule has 0 heterocycles. The third-order valence-corrected chi connectivity index (χ3v) is 2.99. The molecule has 0 fully saturated rings. The van der Waals surface area contributed by atoms with Crippen LogP contribution < -0.4 is 4.74 Å². The summed E-state index contributed by atoms with van der Waals surface area (Å²) < 4.78 is 5.72. The van der Waals surface area contributed by atoms with Crippen LogP contribution >= 0.6 is 0 Å². The van der Waals surface area contributed by atoms with E-state index in [2.05, 4.69) is 0 Å². The highest BCUT2D eigenvalue weighted by atomic mass is 16.5. The molecule has 0 aliphatic carbocycles. The van der Waals surface area contributed by atoms with E-state index in [1.165, 1.54) is 6.08 Å². The minimum Gasteiger partial charge on any atom is -0.490 e. The van der Waals surface area contributed by atoms with Gasteiger partial charge in [0, 0.05) is 11.1 Å². The monoisotopic (exact) mass is 291 g/mol. The summed E-state index contributed by atoms with van der Waals surface area (Å²) >= 11 is 0. The van der Waals surface area contributed by atoms with Crippen LogP contribution in [-0.2, 0) is 0 Å². The Kier molecular flexibility index (Phi) is 5.11. The molecular weight excluding hydrogens is 274 g/mol. The Morgan fingerprint density at radius 2 is 1.82 bits per heavy atom. The number of ether oxygens (including phenoxy) is 1. The average molecular weight is 291 g/mol. The standard InChI is InChI=1S/C19H17NO2/c1-14(2)22-19-6-4-3-5-17(19)11-12-18(21)16-9-7-15(13-20)8-10-16/h3-12,14H,1-2H3/b12-11+. The highest BCUT2D eigenvalue weighted by molar-refractivity contribution is 6.07. The molecule has 0 spiro atoms. The van der Waals surface area contributed by atoms with Crippen molar-refractivity contribution in [3.63, 3.8) is 0 Å². The number of nitrogens with zero attached hydrogens (tertiary/aromatic N) is 1. The highest BCUT2D eigenvalue weighted by Gasteiger charge is 2.04. The smallest absolute Gasteiger partial charge is 0.185 e. The molecule has 0 amide bonds. The van der Waals surface area contributed by atoms with Crippen molar-refractivity contribution in [2.75, 3.05) is 0 Å². The highest BCUT2D eigenvalue weighted by Crippen LogP contribution is 2.21. The third kappa shape index (κ3) is 4.07. The maximum absolute atomic E-state index is 12.1. The zero-order valence-corrected chi connectivity index (χ0v) is 12.6. The summed E-state index contributed by atoms with van der Waals surface area (Å²) in [5.41, 5.74) is 1.95. The van der Waals surface area contributed by atoms with Gasteiger partial charge in [0.05, 0.1) is 17.7 Å². The van der Waals surface area contributed by atoms with E-state index < -0.39 is 0 Å². The van der Waals surface area contributed by atoms with E-state index in [4.69, 9.17) is 10.00 Å². The Morgan fingerprint density at radius 1 is 1.14 bits per heavy atom. The number of ketones is 1. The predicted octanol–water partition coefficient (Wildman–Crippen LogP) is 4.24. The zero-order valence-electron chi connectivity index (χ0n) is 12.6. The first-order chi connectivity index (χ1) is 10.6. The van der Waals surface area contributed by atoms with Crippen molar-refractivity contribution in [1.29, 1.82) is 5.26 Å². The topological polar surface area (TPSA) is 50.1 Å². The molecule has 0 saturated carbocycles. The Morgan fingerprint density at radius 3 is 2.45 bits per heavy atom. The van der Waals surface area contributed by atoms with Gasteiger partial charge < -0.3 is 4.74 Å². The zero-order chi connectivity index (χ0) is 15.9. The minimum atomic E-state index is -0.108. The van der Waals surface area contributed by atoms with Gasteiger partial charge in [0.25, 0.3) is 0 Å². The SMILES string of the molecule is CC(C)Oc1ccccc1/C=C/C(=O)c1ccc(C#N)cc1. The van der Waals surface area contributed by atoms with Gasteiger partial charge in [-0.15, -0.1) is 0 Å². The molecule has 2 rings (SSSR count). The summed E-state index contributed by atoms with van der Waals surface area (Å²) in [7, 11) is 0. The number of allylic oxidation sites excluding steroid dienone is 1. The fraction of sp³-hybridized carbons (Fsp3) is 0.158. The van der Waals surface area contributed by atoms with Gasteiger partial charge in [0.15, 0.2) is 5.78 Å². The van der Waals surface area contributed by atoms with Crippen molar-refractivity contribution >= 4 is 11.9 Å². The van der Waals surface area contributed by atoms with Crippen LogP contribution in [0, 0.1) is 11.3 Å².